The van der Waals surface area contributed by atoms with Crippen molar-refractivity contribution in [3.8, 4) is 0 Å². The topological polar surface area (TPSA) is 42.1 Å². The predicted octanol–water partition coefficient (Wildman–Crippen LogP) is 2.12. The Bertz CT molecular complexity index is 350. The average Bonchev–Trinajstić information content (AvgIpc) is 2.40. The first-order chi connectivity index (χ1) is 8.33. The van der Waals surface area contributed by atoms with Gasteiger partial charge in [0, 0.05) is 31.0 Å². The lowest BCUT2D eigenvalue weighted by Gasteiger charge is -2.38. The SMILES string of the molecule is C=CCN1CCCCC1C(N)c1cccnc1. The summed E-state index contributed by atoms with van der Waals surface area (Å²) in [6, 6.07) is 4.50. The van der Waals surface area contributed by atoms with Crippen molar-refractivity contribution >= 4 is 0 Å². The molecule has 3 nitrogen and oxygen atoms in total. The Labute approximate surface area is 103 Å². The third kappa shape index (κ3) is 2.93. The Balaban J connectivity index is 2.10. The zero-order valence-corrected chi connectivity index (χ0v) is 10.3. The van der Waals surface area contributed by atoms with Crippen LogP contribution in [0, 0.1) is 0 Å². The fourth-order valence-corrected chi connectivity index (χ4v) is 2.61. The maximum atomic E-state index is 6.37. The van der Waals surface area contributed by atoms with Gasteiger partial charge in [-0.05, 0) is 31.0 Å². The standard InChI is InChI=1S/C14H21N3/c1-2-9-17-10-4-3-7-13(17)14(15)12-6-5-8-16-11-12/h2,5-6,8,11,13-14H,1,3-4,7,9-10,15H2. The molecule has 0 aromatic carbocycles. The van der Waals surface area contributed by atoms with Gasteiger partial charge >= 0.3 is 0 Å². The number of nitrogens with two attached hydrogens (primary N) is 1. The van der Waals surface area contributed by atoms with Gasteiger partial charge in [0.15, 0.2) is 0 Å². The van der Waals surface area contributed by atoms with Crippen LogP contribution in [0.2, 0.25) is 0 Å². The second kappa shape index (κ2) is 5.94. The normalized spacial score (nSPS) is 23.2. The highest BCUT2D eigenvalue weighted by atomic mass is 15.2. The summed E-state index contributed by atoms with van der Waals surface area (Å²) < 4.78 is 0. The van der Waals surface area contributed by atoms with E-state index < -0.39 is 0 Å². The molecular weight excluding hydrogens is 210 g/mol. The molecule has 2 unspecified atom stereocenters. The number of piperidine rings is 1. The lowest BCUT2D eigenvalue weighted by molar-refractivity contribution is 0.141. The molecule has 1 saturated heterocycles. The van der Waals surface area contributed by atoms with E-state index in [1.54, 1.807) is 6.20 Å². The number of likely N-dealkylation sites (tertiary alicyclic amines) is 1. The molecule has 1 fully saturated rings. The minimum absolute atomic E-state index is 0.0592. The fourth-order valence-electron chi connectivity index (χ4n) is 2.61. The fraction of sp³-hybridized carbons (Fsp3) is 0.500. The molecule has 2 atom stereocenters. The summed E-state index contributed by atoms with van der Waals surface area (Å²) in [4.78, 5) is 6.59. The molecule has 3 heteroatoms. The molecule has 2 N–H and O–H groups in total. The van der Waals surface area contributed by atoms with Crippen molar-refractivity contribution in [3.05, 3.63) is 42.7 Å². The van der Waals surface area contributed by atoms with Crippen LogP contribution in [0.4, 0.5) is 0 Å². The van der Waals surface area contributed by atoms with Gasteiger partial charge in [-0.25, -0.2) is 0 Å². The smallest absolute Gasteiger partial charge is 0.0468 e. The number of pyridine rings is 1. The van der Waals surface area contributed by atoms with Gasteiger partial charge in [-0.2, -0.15) is 0 Å². The molecule has 1 aliphatic heterocycles. The van der Waals surface area contributed by atoms with Gasteiger partial charge in [0.05, 0.1) is 0 Å². The molecule has 2 heterocycles. The van der Waals surface area contributed by atoms with Crippen LogP contribution < -0.4 is 5.73 Å². The highest BCUT2D eigenvalue weighted by Crippen LogP contribution is 2.26. The van der Waals surface area contributed by atoms with E-state index in [9.17, 15) is 0 Å². The van der Waals surface area contributed by atoms with Crippen LogP contribution in [0.1, 0.15) is 30.9 Å². The van der Waals surface area contributed by atoms with Crippen LogP contribution in [0.3, 0.4) is 0 Å². The van der Waals surface area contributed by atoms with Crippen LogP contribution in [0.15, 0.2) is 37.2 Å². The van der Waals surface area contributed by atoms with Crippen molar-refractivity contribution in [2.45, 2.75) is 31.3 Å². The molecule has 1 aliphatic rings. The maximum Gasteiger partial charge on any atom is 0.0468 e. The Morgan fingerprint density at radius 2 is 2.47 bits per heavy atom. The number of rotatable bonds is 4. The van der Waals surface area contributed by atoms with Crippen molar-refractivity contribution in [1.82, 2.24) is 9.88 Å². The highest BCUT2D eigenvalue weighted by Gasteiger charge is 2.27. The van der Waals surface area contributed by atoms with Crippen LogP contribution in [0.5, 0.6) is 0 Å². The van der Waals surface area contributed by atoms with E-state index in [1.165, 1.54) is 19.3 Å². The van der Waals surface area contributed by atoms with Crippen molar-refractivity contribution < 1.29 is 0 Å². The van der Waals surface area contributed by atoms with Gasteiger partial charge in [-0.3, -0.25) is 9.88 Å². The number of hydrogen-bond donors (Lipinski definition) is 1. The van der Waals surface area contributed by atoms with E-state index in [4.69, 9.17) is 5.73 Å². The van der Waals surface area contributed by atoms with Crippen LogP contribution >= 0.6 is 0 Å². The number of nitrogens with zero attached hydrogens (tertiary/aromatic N) is 2. The van der Waals surface area contributed by atoms with Gasteiger partial charge in [0.1, 0.15) is 0 Å². The van der Waals surface area contributed by atoms with Crippen molar-refractivity contribution in [2.24, 2.45) is 5.73 Å². The van der Waals surface area contributed by atoms with Gasteiger partial charge in [-0.15, -0.1) is 6.58 Å². The quantitative estimate of drug-likeness (QED) is 0.807. The first-order valence-electron chi connectivity index (χ1n) is 6.33. The first-order valence-corrected chi connectivity index (χ1v) is 6.33. The molecule has 0 bridgehead atoms. The summed E-state index contributed by atoms with van der Waals surface area (Å²) in [5.41, 5.74) is 7.51. The first kappa shape index (κ1) is 12.3. The monoisotopic (exact) mass is 231 g/mol. The van der Waals surface area contributed by atoms with E-state index in [0.717, 1.165) is 18.7 Å². The third-order valence-corrected chi connectivity index (χ3v) is 3.51. The van der Waals surface area contributed by atoms with Gasteiger partial charge in [0.2, 0.25) is 0 Å². The molecular formula is C14H21N3. The van der Waals surface area contributed by atoms with E-state index in [2.05, 4.69) is 22.5 Å². The Morgan fingerprint density at radius 1 is 1.59 bits per heavy atom. The molecule has 92 valence electrons. The van der Waals surface area contributed by atoms with Crippen LogP contribution in [0.25, 0.3) is 0 Å². The zero-order chi connectivity index (χ0) is 12.1. The summed E-state index contributed by atoms with van der Waals surface area (Å²) >= 11 is 0. The maximum absolute atomic E-state index is 6.37. The minimum atomic E-state index is 0.0592. The lowest BCUT2D eigenvalue weighted by atomic mass is 9.92. The van der Waals surface area contributed by atoms with Gasteiger partial charge in [0.25, 0.3) is 0 Å². The van der Waals surface area contributed by atoms with E-state index in [-0.39, 0.29) is 6.04 Å². The minimum Gasteiger partial charge on any atom is -0.323 e. The highest BCUT2D eigenvalue weighted by molar-refractivity contribution is 5.16. The van der Waals surface area contributed by atoms with Gasteiger partial charge in [-0.1, -0.05) is 18.6 Å². The summed E-state index contributed by atoms with van der Waals surface area (Å²) in [6.45, 7) is 5.89. The van der Waals surface area contributed by atoms with E-state index >= 15 is 0 Å². The Hall–Kier alpha value is -1.19. The number of aromatic nitrogens is 1. The van der Waals surface area contributed by atoms with Crippen LogP contribution in [-0.2, 0) is 0 Å². The van der Waals surface area contributed by atoms with Crippen LogP contribution in [-0.4, -0.2) is 29.0 Å². The molecule has 0 radical (unpaired) electrons. The predicted molar refractivity (Wildman–Crippen MR) is 70.6 cm³/mol. The molecule has 1 aromatic heterocycles. The summed E-state index contributed by atoms with van der Waals surface area (Å²) in [6.07, 6.45) is 9.35. The second-order valence-electron chi connectivity index (χ2n) is 4.66. The Kier molecular flexibility index (Phi) is 4.29. The van der Waals surface area contributed by atoms with Crippen molar-refractivity contribution in [2.75, 3.05) is 13.1 Å². The summed E-state index contributed by atoms with van der Waals surface area (Å²) in [7, 11) is 0. The summed E-state index contributed by atoms with van der Waals surface area (Å²) in [5.74, 6) is 0. The average molecular weight is 231 g/mol. The largest absolute Gasteiger partial charge is 0.323 e. The molecule has 0 spiro atoms. The van der Waals surface area contributed by atoms with Crippen molar-refractivity contribution in [1.29, 1.82) is 0 Å². The molecule has 0 amide bonds. The summed E-state index contributed by atoms with van der Waals surface area (Å²) in [5, 5.41) is 0. The number of hydrogen-bond acceptors (Lipinski definition) is 3. The molecule has 1 aromatic rings. The third-order valence-electron chi connectivity index (χ3n) is 3.51. The molecule has 2 rings (SSSR count). The van der Waals surface area contributed by atoms with E-state index in [1.807, 2.05) is 18.3 Å². The molecule has 17 heavy (non-hydrogen) atoms. The van der Waals surface area contributed by atoms with Crippen molar-refractivity contribution in [3.63, 3.8) is 0 Å². The van der Waals surface area contributed by atoms with Gasteiger partial charge < -0.3 is 5.73 Å². The second-order valence-corrected chi connectivity index (χ2v) is 4.66. The lowest BCUT2D eigenvalue weighted by Crippen LogP contribution is -2.45. The zero-order valence-electron chi connectivity index (χ0n) is 10.3. The molecule has 0 saturated carbocycles. The Morgan fingerprint density at radius 3 is 3.18 bits per heavy atom. The van der Waals surface area contributed by atoms with E-state index in [0.29, 0.717) is 6.04 Å². The molecule has 0 aliphatic carbocycles.